The van der Waals surface area contributed by atoms with Crippen molar-refractivity contribution in [3.63, 3.8) is 0 Å². The first kappa shape index (κ1) is 13.5. The Kier molecular flexibility index (Phi) is 2.90. The summed E-state index contributed by atoms with van der Waals surface area (Å²) in [6.07, 6.45) is 1.18. The van der Waals surface area contributed by atoms with Gasteiger partial charge >= 0.3 is 0 Å². The van der Waals surface area contributed by atoms with E-state index in [-0.39, 0.29) is 30.9 Å². The third-order valence-corrected chi connectivity index (χ3v) is 4.49. The maximum atomic E-state index is 12.8. The average molecular weight is 302 g/mol. The molecule has 0 saturated heterocycles. The van der Waals surface area contributed by atoms with Gasteiger partial charge in [-0.3, -0.25) is 4.79 Å². The largest absolute Gasteiger partial charge is 0.338 e. The Labute approximate surface area is 118 Å². The van der Waals surface area contributed by atoms with Crippen molar-refractivity contribution in [3.8, 4) is 0 Å². The van der Waals surface area contributed by atoms with Crippen molar-refractivity contribution >= 4 is 22.4 Å². The Morgan fingerprint density at radius 2 is 2.15 bits per heavy atom. The molecule has 1 aliphatic rings. The molecule has 0 aliphatic heterocycles. The highest BCUT2D eigenvalue weighted by molar-refractivity contribution is 6.34. The maximum absolute atomic E-state index is 12.8. The second kappa shape index (κ2) is 4.28. The number of hydrogen-bond donors (Lipinski definition) is 0. The molecule has 4 nitrogen and oxygen atoms in total. The van der Waals surface area contributed by atoms with Crippen LogP contribution >= 0.6 is 11.6 Å². The monoisotopic (exact) mass is 301 g/mol. The van der Waals surface area contributed by atoms with Crippen LogP contribution in [-0.4, -0.2) is 20.3 Å². The fourth-order valence-electron chi connectivity index (χ4n) is 2.78. The van der Waals surface area contributed by atoms with Crippen LogP contribution in [0.5, 0.6) is 0 Å². The number of aryl methyl sites for hydroxylation is 1. The van der Waals surface area contributed by atoms with E-state index in [0.29, 0.717) is 15.9 Å². The summed E-state index contributed by atoms with van der Waals surface area (Å²) in [5.41, 5.74) is 0.489. The van der Waals surface area contributed by atoms with E-state index >= 15 is 0 Å². The summed E-state index contributed by atoms with van der Waals surface area (Å²) >= 11 is 6.13. The molecule has 0 bridgehead atoms. The summed E-state index contributed by atoms with van der Waals surface area (Å²) in [6, 6.07) is 0. The molecule has 1 aliphatic carbocycles. The number of nitrogens with zero attached hydrogens (tertiary/aromatic N) is 3. The van der Waals surface area contributed by atoms with Crippen molar-refractivity contribution in [2.75, 3.05) is 0 Å². The van der Waals surface area contributed by atoms with Crippen LogP contribution in [-0.2, 0) is 13.6 Å². The predicted molar refractivity (Wildman–Crippen MR) is 72.4 cm³/mol. The smallest absolute Gasteiger partial charge is 0.276 e. The summed E-state index contributed by atoms with van der Waals surface area (Å²) in [5, 5.41) is 5.63. The molecule has 0 spiro atoms. The Morgan fingerprint density at radius 1 is 1.50 bits per heavy atom. The molecule has 0 aromatic carbocycles. The van der Waals surface area contributed by atoms with Gasteiger partial charge in [0, 0.05) is 37.5 Å². The molecule has 0 N–H and O–H groups in total. The molecule has 1 fully saturated rings. The lowest BCUT2D eigenvalue weighted by Gasteiger charge is -2.34. The zero-order valence-electron chi connectivity index (χ0n) is 11.2. The van der Waals surface area contributed by atoms with Gasteiger partial charge in [-0.15, -0.1) is 0 Å². The summed E-state index contributed by atoms with van der Waals surface area (Å²) in [7, 11) is 1.77. The fourth-order valence-corrected chi connectivity index (χ4v) is 3.05. The van der Waals surface area contributed by atoms with E-state index in [1.165, 1.54) is 10.9 Å². The molecule has 2 aromatic rings. The fraction of sp³-hybridized carbons (Fsp3) is 0.538. The molecule has 0 radical (unpaired) electrons. The number of fused-ring (bicyclic) bond motifs is 1. The Hall–Kier alpha value is -1.43. The lowest BCUT2D eigenvalue weighted by atomic mass is 9.81. The van der Waals surface area contributed by atoms with Gasteiger partial charge in [0.25, 0.3) is 5.56 Å². The van der Waals surface area contributed by atoms with Crippen molar-refractivity contribution in [3.05, 3.63) is 27.4 Å². The molecular formula is C13H14ClF2N3O. The van der Waals surface area contributed by atoms with Crippen molar-refractivity contribution in [1.29, 1.82) is 0 Å². The molecular weight excluding hydrogens is 288 g/mol. The van der Waals surface area contributed by atoms with Gasteiger partial charge in [0.15, 0.2) is 0 Å². The van der Waals surface area contributed by atoms with E-state index in [9.17, 15) is 13.6 Å². The van der Waals surface area contributed by atoms with Crippen LogP contribution in [0.15, 0.2) is 11.0 Å². The first-order chi connectivity index (χ1) is 9.30. The van der Waals surface area contributed by atoms with E-state index in [1.807, 2.05) is 0 Å². The highest BCUT2D eigenvalue weighted by Crippen LogP contribution is 2.42. The second-order valence-electron chi connectivity index (χ2n) is 5.49. The Morgan fingerprint density at radius 3 is 2.75 bits per heavy atom. The van der Waals surface area contributed by atoms with Crippen LogP contribution in [0.2, 0.25) is 5.15 Å². The molecule has 2 heterocycles. The van der Waals surface area contributed by atoms with Crippen molar-refractivity contribution in [1.82, 2.24) is 14.3 Å². The van der Waals surface area contributed by atoms with Crippen molar-refractivity contribution < 1.29 is 8.78 Å². The predicted octanol–water partition coefficient (Wildman–Crippen LogP) is 2.74. The standard InChI is InChI=1S/C13H14ClF2N3O/c1-7-10-9(11(14)18(7)2)5-17-19(12(10)20)6-8-3-13(15,16)4-8/h5,8H,3-4,6H2,1-2H3. The van der Waals surface area contributed by atoms with Crippen molar-refractivity contribution in [2.24, 2.45) is 13.0 Å². The molecule has 1 saturated carbocycles. The van der Waals surface area contributed by atoms with Crippen LogP contribution in [0.25, 0.3) is 10.8 Å². The maximum Gasteiger partial charge on any atom is 0.276 e. The minimum atomic E-state index is -2.58. The van der Waals surface area contributed by atoms with Gasteiger partial charge in [-0.1, -0.05) is 11.6 Å². The lowest BCUT2D eigenvalue weighted by Crippen LogP contribution is -2.40. The number of alkyl halides is 2. The van der Waals surface area contributed by atoms with Gasteiger partial charge in [0.2, 0.25) is 5.92 Å². The minimum Gasteiger partial charge on any atom is -0.338 e. The second-order valence-corrected chi connectivity index (χ2v) is 5.84. The summed E-state index contributed by atoms with van der Waals surface area (Å²) in [6.45, 7) is 2.04. The quantitative estimate of drug-likeness (QED) is 0.855. The molecule has 108 valence electrons. The SMILES string of the molecule is Cc1c2c(=O)n(CC3CC(F)(F)C3)ncc2c(Cl)n1C. The van der Waals surface area contributed by atoms with Gasteiger partial charge in [0.1, 0.15) is 5.15 Å². The van der Waals surface area contributed by atoms with Crippen molar-refractivity contribution in [2.45, 2.75) is 32.2 Å². The third kappa shape index (κ3) is 1.93. The average Bonchev–Trinajstić information content (AvgIpc) is 2.56. The Balaban J connectivity index is 2.00. The highest BCUT2D eigenvalue weighted by atomic mass is 35.5. The van der Waals surface area contributed by atoms with E-state index < -0.39 is 5.92 Å². The van der Waals surface area contributed by atoms with Gasteiger partial charge in [-0.25, -0.2) is 13.5 Å². The number of hydrogen-bond acceptors (Lipinski definition) is 2. The van der Waals surface area contributed by atoms with Crippen LogP contribution < -0.4 is 5.56 Å². The molecule has 0 atom stereocenters. The Bertz CT molecular complexity index is 742. The first-order valence-corrected chi connectivity index (χ1v) is 6.76. The normalized spacial score (nSPS) is 18.4. The van der Waals surface area contributed by atoms with Crippen LogP contribution in [0.3, 0.4) is 0 Å². The van der Waals surface area contributed by atoms with Crippen LogP contribution in [0.4, 0.5) is 8.78 Å². The number of aromatic nitrogens is 3. The van der Waals surface area contributed by atoms with E-state index in [1.54, 1.807) is 18.5 Å². The number of halogens is 3. The third-order valence-electron chi connectivity index (χ3n) is 4.03. The molecule has 20 heavy (non-hydrogen) atoms. The van der Waals surface area contributed by atoms with Gasteiger partial charge < -0.3 is 4.57 Å². The molecule has 3 rings (SSSR count). The summed E-state index contributed by atoms with van der Waals surface area (Å²) < 4.78 is 28.7. The zero-order valence-corrected chi connectivity index (χ0v) is 11.9. The molecule has 2 aromatic heterocycles. The summed E-state index contributed by atoms with van der Waals surface area (Å²) in [5.74, 6) is -2.77. The molecule has 0 unspecified atom stereocenters. The van der Waals surface area contributed by atoms with E-state index in [0.717, 1.165) is 5.69 Å². The van der Waals surface area contributed by atoms with E-state index in [4.69, 9.17) is 11.6 Å². The topological polar surface area (TPSA) is 39.8 Å². The molecule has 7 heteroatoms. The summed E-state index contributed by atoms with van der Waals surface area (Å²) in [4.78, 5) is 12.4. The lowest BCUT2D eigenvalue weighted by molar-refractivity contribution is -0.114. The molecule has 0 amide bonds. The highest BCUT2D eigenvalue weighted by Gasteiger charge is 2.45. The minimum absolute atomic E-state index is 0.173. The zero-order chi connectivity index (χ0) is 14.7. The van der Waals surface area contributed by atoms with Crippen LogP contribution in [0, 0.1) is 12.8 Å². The van der Waals surface area contributed by atoms with Gasteiger partial charge in [0.05, 0.1) is 11.6 Å². The van der Waals surface area contributed by atoms with Crippen LogP contribution in [0.1, 0.15) is 18.5 Å². The number of rotatable bonds is 2. The van der Waals surface area contributed by atoms with E-state index in [2.05, 4.69) is 5.10 Å². The van der Waals surface area contributed by atoms with Gasteiger partial charge in [-0.05, 0) is 12.8 Å². The van der Waals surface area contributed by atoms with Gasteiger partial charge in [-0.2, -0.15) is 5.10 Å². The first-order valence-electron chi connectivity index (χ1n) is 6.38.